The predicted molar refractivity (Wildman–Crippen MR) is 110 cm³/mol. The minimum Gasteiger partial charge on any atom is -0.352 e. The fourth-order valence-electron chi connectivity index (χ4n) is 2.50. The molecular weight excluding hydrogens is 362 g/mol. The van der Waals surface area contributed by atoms with Gasteiger partial charge < -0.3 is 10.6 Å². The van der Waals surface area contributed by atoms with Crippen molar-refractivity contribution in [2.75, 3.05) is 6.54 Å². The van der Waals surface area contributed by atoms with Crippen molar-refractivity contribution in [1.29, 1.82) is 0 Å². The first-order chi connectivity index (χ1) is 12.8. The highest BCUT2D eigenvalue weighted by atomic mass is 32.1. The van der Waals surface area contributed by atoms with Crippen molar-refractivity contribution in [1.82, 2.24) is 15.6 Å². The quantitative estimate of drug-likeness (QED) is 0.525. The van der Waals surface area contributed by atoms with Gasteiger partial charge in [0.25, 0.3) is 5.91 Å². The molecular formula is C20H23N3OS2. The normalized spacial score (nSPS) is 10.8. The first kappa shape index (κ1) is 18.8. The molecule has 6 heteroatoms. The molecule has 0 saturated heterocycles. The molecule has 1 aromatic carbocycles. The van der Waals surface area contributed by atoms with Crippen LogP contribution in [0.2, 0.25) is 0 Å². The second-order valence-corrected chi connectivity index (χ2v) is 7.70. The van der Waals surface area contributed by atoms with Gasteiger partial charge in [-0.05, 0) is 35.6 Å². The van der Waals surface area contributed by atoms with Gasteiger partial charge in [-0.2, -0.15) is 11.3 Å². The van der Waals surface area contributed by atoms with Crippen LogP contribution in [0.5, 0.6) is 0 Å². The molecule has 3 aromatic rings. The summed E-state index contributed by atoms with van der Waals surface area (Å²) in [4.78, 5) is 16.7. The maximum atomic E-state index is 12.0. The van der Waals surface area contributed by atoms with Crippen LogP contribution in [0.1, 0.15) is 41.4 Å². The van der Waals surface area contributed by atoms with Crippen molar-refractivity contribution in [2.24, 2.45) is 0 Å². The Bertz CT molecular complexity index is 810. The molecule has 2 aromatic heterocycles. The van der Waals surface area contributed by atoms with E-state index in [-0.39, 0.29) is 5.91 Å². The summed E-state index contributed by atoms with van der Waals surface area (Å²) in [6, 6.07) is 9.87. The maximum Gasteiger partial charge on any atom is 0.251 e. The van der Waals surface area contributed by atoms with Gasteiger partial charge in [0.05, 0.1) is 5.69 Å². The molecule has 0 bridgehead atoms. The Kier molecular flexibility index (Phi) is 6.94. The van der Waals surface area contributed by atoms with Crippen LogP contribution in [0.25, 0.3) is 10.6 Å². The van der Waals surface area contributed by atoms with Crippen LogP contribution in [0.15, 0.2) is 46.5 Å². The van der Waals surface area contributed by atoms with Crippen molar-refractivity contribution < 1.29 is 4.79 Å². The summed E-state index contributed by atoms with van der Waals surface area (Å²) in [5.74, 6) is 0.00129. The van der Waals surface area contributed by atoms with E-state index < -0.39 is 0 Å². The third kappa shape index (κ3) is 5.24. The molecule has 0 aliphatic heterocycles. The van der Waals surface area contributed by atoms with E-state index in [9.17, 15) is 4.79 Å². The van der Waals surface area contributed by atoms with Crippen LogP contribution in [0, 0.1) is 0 Å². The fraction of sp³-hybridized carbons (Fsp3) is 0.300. The Morgan fingerprint density at radius 1 is 1.12 bits per heavy atom. The lowest BCUT2D eigenvalue weighted by molar-refractivity contribution is 0.0953. The van der Waals surface area contributed by atoms with Crippen molar-refractivity contribution in [3.8, 4) is 10.6 Å². The Labute approximate surface area is 162 Å². The fourth-order valence-corrected chi connectivity index (χ4v) is 4.03. The van der Waals surface area contributed by atoms with E-state index in [1.54, 1.807) is 22.7 Å². The van der Waals surface area contributed by atoms with Crippen molar-refractivity contribution >= 4 is 28.6 Å². The second kappa shape index (κ2) is 9.62. The van der Waals surface area contributed by atoms with Crippen LogP contribution >= 0.6 is 22.7 Å². The van der Waals surface area contributed by atoms with Crippen LogP contribution in [0.3, 0.4) is 0 Å². The molecule has 0 unspecified atom stereocenters. The summed E-state index contributed by atoms with van der Waals surface area (Å²) in [6.45, 7) is 4.34. The van der Waals surface area contributed by atoms with Gasteiger partial charge in [-0.1, -0.05) is 25.5 Å². The van der Waals surface area contributed by atoms with Crippen molar-refractivity contribution in [3.63, 3.8) is 0 Å². The van der Waals surface area contributed by atoms with E-state index in [0.717, 1.165) is 48.7 Å². The molecule has 26 heavy (non-hydrogen) atoms. The lowest BCUT2D eigenvalue weighted by Crippen LogP contribution is -2.24. The number of unbranched alkanes of at least 4 members (excludes halogenated alkanes) is 1. The zero-order valence-corrected chi connectivity index (χ0v) is 16.5. The predicted octanol–water partition coefficient (Wildman–Crippen LogP) is 4.69. The van der Waals surface area contributed by atoms with Crippen molar-refractivity contribution in [2.45, 2.75) is 32.9 Å². The number of amides is 1. The van der Waals surface area contributed by atoms with Gasteiger partial charge in [0.15, 0.2) is 0 Å². The highest BCUT2D eigenvalue weighted by molar-refractivity contribution is 7.14. The van der Waals surface area contributed by atoms with E-state index in [1.807, 2.05) is 24.3 Å². The molecule has 0 saturated carbocycles. The number of thiophene rings is 1. The molecule has 0 spiro atoms. The number of carbonyl (C=O) groups excluding carboxylic acids is 1. The van der Waals surface area contributed by atoms with E-state index in [4.69, 9.17) is 0 Å². The average Bonchev–Trinajstić information content (AvgIpc) is 3.34. The first-order valence-electron chi connectivity index (χ1n) is 8.81. The Morgan fingerprint density at radius 3 is 2.69 bits per heavy atom. The molecule has 0 aliphatic rings. The zero-order chi connectivity index (χ0) is 18.2. The lowest BCUT2D eigenvalue weighted by Gasteiger charge is -2.06. The van der Waals surface area contributed by atoms with Crippen LogP contribution in [0.4, 0.5) is 0 Å². The number of hydrogen-bond acceptors (Lipinski definition) is 5. The highest BCUT2D eigenvalue weighted by Crippen LogP contribution is 2.25. The number of aromatic nitrogens is 1. The largest absolute Gasteiger partial charge is 0.352 e. The number of nitrogens with zero attached hydrogens (tertiary/aromatic N) is 1. The van der Waals surface area contributed by atoms with Crippen molar-refractivity contribution in [3.05, 3.63) is 63.3 Å². The SMILES string of the molecule is CCCCNC(=O)c1ccc(CNCc2csc(-c3ccsc3)n2)cc1. The smallest absolute Gasteiger partial charge is 0.251 e. The number of benzene rings is 1. The molecule has 3 rings (SSSR count). The molecule has 2 heterocycles. The van der Waals surface area contributed by atoms with E-state index in [0.29, 0.717) is 5.56 Å². The molecule has 0 aliphatic carbocycles. The van der Waals surface area contributed by atoms with Crippen LogP contribution in [-0.4, -0.2) is 17.4 Å². The zero-order valence-electron chi connectivity index (χ0n) is 14.8. The highest BCUT2D eigenvalue weighted by Gasteiger charge is 2.06. The maximum absolute atomic E-state index is 12.0. The third-order valence-electron chi connectivity index (χ3n) is 3.99. The summed E-state index contributed by atoms with van der Waals surface area (Å²) >= 11 is 3.37. The van der Waals surface area contributed by atoms with E-state index in [1.165, 1.54) is 5.56 Å². The number of nitrogens with one attached hydrogen (secondary N) is 2. The average molecular weight is 386 g/mol. The second-order valence-electron chi connectivity index (χ2n) is 6.07. The van der Waals surface area contributed by atoms with Gasteiger partial charge in [-0.15, -0.1) is 11.3 Å². The minimum absolute atomic E-state index is 0.00129. The molecule has 1 amide bonds. The summed E-state index contributed by atoms with van der Waals surface area (Å²) in [5, 5.41) is 13.7. The lowest BCUT2D eigenvalue weighted by atomic mass is 10.1. The van der Waals surface area contributed by atoms with Gasteiger partial charge in [0, 0.05) is 41.5 Å². The van der Waals surface area contributed by atoms with Crippen LogP contribution in [-0.2, 0) is 13.1 Å². The third-order valence-corrected chi connectivity index (χ3v) is 5.61. The van der Waals surface area contributed by atoms with Gasteiger partial charge in [-0.3, -0.25) is 4.79 Å². The summed E-state index contributed by atoms with van der Waals surface area (Å²) in [6.07, 6.45) is 2.09. The summed E-state index contributed by atoms with van der Waals surface area (Å²) in [7, 11) is 0. The molecule has 136 valence electrons. The topological polar surface area (TPSA) is 54.0 Å². The van der Waals surface area contributed by atoms with Gasteiger partial charge in [0.2, 0.25) is 0 Å². The standard InChI is InChI=1S/C20H23N3OS2/c1-2-3-9-22-19(24)16-6-4-15(5-7-16)11-21-12-18-14-26-20(23-18)17-8-10-25-13-17/h4-8,10,13-14,21H,2-3,9,11-12H2,1H3,(H,22,24). The molecule has 2 N–H and O–H groups in total. The molecule has 4 nitrogen and oxygen atoms in total. The summed E-state index contributed by atoms with van der Waals surface area (Å²) in [5.41, 5.74) is 4.12. The number of hydrogen-bond donors (Lipinski definition) is 2. The van der Waals surface area contributed by atoms with Gasteiger partial charge in [-0.25, -0.2) is 4.98 Å². The Hall–Kier alpha value is -2.02. The van der Waals surface area contributed by atoms with Crippen LogP contribution < -0.4 is 10.6 Å². The first-order valence-corrected chi connectivity index (χ1v) is 10.6. The van der Waals surface area contributed by atoms with E-state index in [2.05, 4.69) is 44.7 Å². The summed E-state index contributed by atoms with van der Waals surface area (Å²) < 4.78 is 0. The monoisotopic (exact) mass is 385 g/mol. The number of rotatable bonds is 9. The van der Waals surface area contributed by atoms with E-state index >= 15 is 0 Å². The van der Waals surface area contributed by atoms with Gasteiger partial charge in [0.1, 0.15) is 5.01 Å². The molecule has 0 atom stereocenters. The number of thiazole rings is 1. The van der Waals surface area contributed by atoms with Gasteiger partial charge >= 0.3 is 0 Å². The minimum atomic E-state index is 0.00129. The Morgan fingerprint density at radius 2 is 1.96 bits per heavy atom. The number of carbonyl (C=O) groups is 1. The molecule has 0 radical (unpaired) electrons. The Balaban J connectivity index is 1.46. The molecule has 0 fully saturated rings.